The number of nitrogens with one attached hydrogen (secondary N) is 2. The van der Waals surface area contributed by atoms with Gasteiger partial charge in [-0.05, 0) is 12.6 Å². The number of fused-ring (bicyclic) bond motifs is 1. The fourth-order valence-electron chi connectivity index (χ4n) is 3.24. The summed E-state index contributed by atoms with van der Waals surface area (Å²) in [4.78, 5) is 16.7. The minimum Gasteiger partial charge on any atom is -0.361 e. The molecule has 3 heterocycles. The first kappa shape index (κ1) is 16.5. The second kappa shape index (κ2) is 7.53. The maximum Gasteiger partial charge on any atom is 0.151 e. The number of likely N-dealkylation sites (N-methyl/N-ethyl adjacent to an activating group) is 1. The van der Waals surface area contributed by atoms with E-state index in [1.165, 1.54) is 0 Å². The van der Waals surface area contributed by atoms with E-state index < -0.39 is 0 Å². The van der Waals surface area contributed by atoms with E-state index in [1.54, 1.807) is 12.5 Å². The Hall–Kier alpha value is -2.93. The molecule has 0 atom stereocenters. The molecule has 2 N–H and O–H groups in total. The van der Waals surface area contributed by atoms with Gasteiger partial charge in [0.2, 0.25) is 0 Å². The van der Waals surface area contributed by atoms with Crippen LogP contribution in [0, 0.1) is 0 Å². The summed E-state index contributed by atoms with van der Waals surface area (Å²) < 4.78 is 0. The fraction of sp³-hybridized carbons (Fsp3) is 0.316. The van der Waals surface area contributed by atoms with Crippen LogP contribution >= 0.6 is 0 Å². The highest BCUT2D eigenvalue weighted by atomic mass is 15.3. The van der Waals surface area contributed by atoms with Crippen molar-refractivity contribution in [2.24, 2.45) is 5.10 Å². The second-order valence-corrected chi connectivity index (χ2v) is 6.34. The molecule has 1 fully saturated rings. The van der Waals surface area contributed by atoms with Crippen molar-refractivity contribution in [2.45, 2.75) is 6.92 Å². The Labute approximate surface area is 152 Å². The van der Waals surface area contributed by atoms with Gasteiger partial charge in [-0.1, -0.05) is 25.1 Å². The number of para-hydroxylation sites is 1. The van der Waals surface area contributed by atoms with E-state index in [1.807, 2.05) is 24.4 Å². The van der Waals surface area contributed by atoms with E-state index in [-0.39, 0.29) is 0 Å². The Balaban J connectivity index is 1.42. The van der Waals surface area contributed by atoms with Gasteiger partial charge in [0, 0.05) is 54.9 Å². The highest BCUT2D eigenvalue weighted by Crippen LogP contribution is 2.17. The summed E-state index contributed by atoms with van der Waals surface area (Å²) in [5.41, 5.74) is 5.16. The Morgan fingerprint density at radius 2 is 2.04 bits per heavy atom. The summed E-state index contributed by atoms with van der Waals surface area (Å²) >= 11 is 0. The van der Waals surface area contributed by atoms with Gasteiger partial charge in [0.15, 0.2) is 5.82 Å². The van der Waals surface area contributed by atoms with Crippen LogP contribution in [0.1, 0.15) is 12.5 Å². The maximum absolute atomic E-state index is 4.41. The lowest BCUT2D eigenvalue weighted by Crippen LogP contribution is -2.46. The predicted molar refractivity (Wildman–Crippen MR) is 106 cm³/mol. The molecule has 0 bridgehead atoms. The zero-order chi connectivity index (χ0) is 17.8. The van der Waals surface area contributed by atoms with Gasteiger partial charge in [0.1, 0.15) is 12.1 Å². The molecule has 4 rings (SSSR count). The van der Waals surface area contributed by atoms with E-state index in [2.05, 4.69) is 54.3 Å². The van der Waals surface area contributed by atoms with Crippen LogP contribution in [0.15, 0.2) is 48.0 Å². The van der Waals surface area contributed by atoms with E-state index in [4.69, 9.17) is 0 Å². The van der Waals surface area contributed by atoms with Crippen LogP contribution < -0.4 is 10.3 Å². The van der Waals surface area contributed by atoms with Crippen molar-refractivity contribution in [3.63, 3.8) is 0 Å². The minimum atomic E-state index is 0.698. The number of anilines is 2. The van der Waals surface area contributed by atoms with Gasteiger partial charge in [-0.15, -0.1) is 0 Å². The summed E-state index contributed by atoms with van der Waals surface area (Å²) in [6, 6.07) is 10.1. The zero-order valence-corrected chi connectivity index (χ0v) is 14.9. The van der Waals surface area contributed by atoms with Crippen LogP contribution in [0.4, 0.5) is 11.6 Å². The van der Waals surface area contributed by atoms with Crippen molar-refractivity contribution in [3.8, 4) is 0 Å². The van der Waals surface area contributed by atoms with Crippen LogP contribution in [0.5, 0.6) is 0 Å². The largest absolute Gasteiger partial charge is 0.361 e. The molecule has 0 saturated carbocycles. The number of aromatic nitrogens is 3. The van der Waals surface area contributed by atoms with Crippen LogP contribution in [0.25, 0.3) is 10.9 Å². The van der Waals surface area contributed by atoms with E-state index >= 15 is 0 Å². The third-order valence-electron chi connectivity index (χ3n) is 4.80. The molecule has 26 heavy (non-hydrogen) atoms. The number of hydrazone groups is 1. The molecule has 3 aromatic rings. The number of H-pyrrole nitrogens is 1. The van der Waals surface area contributed by atoms with Crippen molar-refractivity contribution in [2.75, 3.05) is 43.0 Å². The average molecular weight is 349 g/mol. The van der Waals surface area contributed by atoms with Gasteiger partial charge in [-0.3, -0.25) is 5.43 Å². The maximum atomic E-state index is 4.41. The normalized spacial score (nSPS) is 15.8. The molecule has 0 aliphatic carbocycles. The molecule has 0 amide bonds. The molecular weight excluding hydrogens is 326 g/mol. The number of piperazine rings is 1. The summed E-state index contributed by atoms with van der Waals surface area (Å²) in [6.07, 6.45) is 5.35. The monoisotopic (exact) mass is 349 g/mol. The standard InChI is InChI=1S/C19H23N7/c1-2-25-7-9-26(10-8-25)19-11-18(21-14-22-19)24-23-13-15-12-20-17-6-4-3-5-16(15)17/h3-6,11-14,20H,2,7-10H2,1H3,(H,21,22,24)/b23-13+. The quantitative estimate of drug-likeness (QED) is 0.547. The van der Waals surface area contributed by atoms with Gasteiger partial charge >= 0.3 is 0 Å². The van der Waals surface area contributed by atoms with Crippen molar-refractivity contribution >= 4 is 28.8 Å². The molecule has 7 heteroatoms. The highest BCUT2D eigenvalue weighted by Gasteiger charge is 2.17. The van der Waals surface area contributed by atoms with Gasteiger partial charge in [-0.2, -0.15) is 5.10 Å². The van der Waals surface area contributed by atoms with Crippen LogP contribution in [0.2, 0.25) is 0 Å². The molecule has 1 aliphatic rings. The van der Waals surface area contributed by atoms with Crippen molar-refractivity contribution in [1.29, 1.82) is 0 Å². The smallest absolute Gasteiger partial charge is 0.151 e. The number of hydrogen-bond acceptors (Lipinski definition) is 6. The van der Waals surface area contributed by atoms with Crippen molar-refractivity contribution in [3.05, 3.63) is 48.4 Å². The lowest BCUT2D eigenvalue weighted by molar-refractivity contribution is 0.270. The third-order valence-corrected chi connectivity index (χ3v) is 4.80. The molecule has 7 nitrogen and oxygen atoms in total. The topological polar surface area (TPSA) is 72.4 Å². The molecule has 0 radical (unpaired) electrons. The lowest BCUT2D eigenvalue weighted by Gasteiger charge is -2.34. The molecule has 2 aromatic heterocycles. The minimum absolute atomic E-state index is 0.698. The first-order chi connectivity index (χ1) is 12.8. The molecule has 1 aromatic carbocycles. The number of nitrogens with zero attached hydrogens (tertiary/aromatic N) is 5. The summed E-state index contributed by atoms with van der Waals surface area (Å²) in [6.45, 7) is 7.43. The second-order valence-electron chi connectivity index (χ2n) is 6.34. The van der Waals surface area contributed by atoms with Gasteiger partial charge in [0.25, 0.3) is 0 Å². The van der Waals surface area contributed by atoms with E-state index in [9.17, 15) is 0 Å². The van der Waals surface area contributed by atoms with Crippen LogP contribution in [-0.2, 0) is 0 Å². The predicted octanol–water partition coefficient (Wildman–Crippen LogP) is 2.55. The van der Waals surface area contributed by atoms with Crippen LogP contribution in [-0.4, -0.2) is 58.8 Å². The zero-order valence-electron chi connectivity index (χ0n) is 14.9. The summed E-state index contributed by atoms with van der Waals surface area (Å²) in [5, 5.41) is 5.48. The first-order valence-corrected chi connectivity index (χ1v) is 8.98. The Morgan fingerprint density at radius 1 is 1.19 bits per heavy atom. The van der Waals surface area contributed by atoms with Gasteiger partial charge < -0.3 is 14.8 Å². The van der Waals surface area contributed by atoms with E-state index in [0.717, 1.165) is 55.0 Å². The van der Waals surface area contributed by atoms with Gasteiger partial charge in [0.05, 0.1) is 6.21 Å². The van der Waals surface area contributed by atoms with Crippen molar-refractivity contribution in [1.82, 2.24) is 19.9 Å². The Bertz CT molecular complexity index is 894. The molecule has 1 saturated heterocycles. The molecule has 0 spiro atoms. The SMILES string of the molecule is CCN1CCN(c2cc(N/N=C/c3c[nH]c4ccccc34)ncn2)CC1. The third kappa shape index (κ3) is 3.52. The molecule has 134 valence electrons. The fourth-order valence-corrected chi connectivity index (χ4v) is 3.24. The highest BCUT2D eigenvalue weighted by molar-refractivity contribution is 5.99. The number of rotatable bonds is 5. The van der Waals surface area contributed by atoms with E-state index in [0.29, 0.717) is 5.82 Å². The molecular formula is C19H23N7. The average Bonchev–Trinajstić information content (AvgIpc) is 3.12. The Kier molecular flexibility index (Phi) is 4.79. The molecule has 1 aliphatic heterocycles. The number of hydrogen-bond donors (Lipinski definition) is 2. The first-order valence-electron chi connectivity index (χ1n) is 8.98. The number of aromatic amines is 1. The van der Waals surface area contributed by atoms with Crippen LogP contribution in [0.3, 0.4) is 0 Å². The van der Waals surface area contributed by atoms with Crippen molar-refractivity contribution < 1.29 is 0 Å². The van der Waals surface area contributed by atoms with Gasteiger partial charge in [-0.25, -0.2) is 9.97 Å². The Morgan fingerprint density at radius 3 is 2.88 bits per heavy atom. The lowest BCUT2D eigenvalue weighted by atomic mass is 10.2. The number of benzene rings is 1. The summed E-state index contributed by atoms with van der Waals surface area (Å²) in [7, 11) is 0. The molecule has 0 unspecified atom stereocenters. The summed E-state index contributed by atoms with van der Waals surface area (Å²) in [5.74, 6) is 1.64.